The summed E-state index contributed by atoms with van der Waals surface area (Å²) in [6.07, 6.45) is 2.73. The molecule has 0 spiro atoms. The predicted molar refractivity (Wildman–Crippen MR) is 94.3 cm³/mol. The number of nitrogens with zero attached hydrogens (tertiary/aromatic N) is 4. The molecule has 1 aromatic carbocycles. The quantitative estimate of drug-likeness (QED) is 0.803. The lowest BCUT2D eigenvalue weighted by atomic mass is 10.1. The number of nitrogens with one attached hydrogen (secondary N) is 1. The molecule has 6 nitrogen and oxygen atoms in total. The van der Waals surface area contributed by atoms with E-state index in [0.29, 0.717) is 0 Å². The molecule has 2 aromatic heterocycles. The van der Waals surface area contributed by atoms with E-state index in [1.165, 1.54) is 5.56 Å². The molecule has 3 heterocycles. The topological polar surface area (TPSA) is 66.9 Å². The van der Waals surface area contributed by atoms with Gasteiger partial charge in [0.25, 0.3) is 0 Å². The van der Waals surface area contributed by atoms with E-state index in [4.69, 9.17) is 14.7 Å². The van der Waals surface area contributed by atoms with E-state index in [2.05, 4.69) is 35.0 Å². The third kappa shape index (κ3) is 2.53. The number of aromatic nitrogens is 4. The van der Waals surface area contributed by atoms with Crippen molar-refractivity contribution in [2.45, 2.75) is 20.3 Å². The molecule has 1 fully saturated rings. The first-order valence-corrected chi connectivity index (χ1v) is 8.40. The molecular formula is C18H21N5O. The lowest BCUT2D eigenvalue weighted by molar-refractivity contribution is 0.122. The summed E-state index contributed by atoms with van der Waals surface area (Å²) >= 11 is 0. The van der Waals surface area contributed by atoms with Crippen LogP contribution in [0, 0.1) is 6.92 Å². The Kier molecular flexibility index (Phi) is 3.90. The Morgan fingerprint density at radius 2 is 2.04 bits per heavy atom. The second-order valence-electron chi connectivity index (χ2n) is 6.03. The van der Waals surface area contributed by atoms with Crippen LogP contribution in [0.15, 0.2) is 24.4 Å². The van der Waals surface area contributed by atoms with Crippen LogP contribution in [0.5, 0.6) is 0 Å². The van der Waals surface area contributed by atoms with Crippen molar-refractivity contribution in [3.8, 4) is 11.4 Å². The molecule has 124 valence electrons. The van der Waals surface area contributed by atoms with E-state index in [0.717, 1.165) is 66.5 Å². The minimum absolute atomic E-state index is 0.748. The van der Waals surface area contributed by atoms with Gasteiger partial charge in [-0.2, -0.15) is 5.10 Å². The first-order chi connectivity index (χ1) is 11.8. The molecule has 0 bridgehead atoms. The van der Waals surface area contributed by atoms with Gasteiger partial charge >= 0.3 is 0 Å². The molecule has 1 aliphatic heterocycles. The van der Waals surface area contributed by atoms with E-state index >= 15 is 0 Å². The zero-order valence-electron chi connectivity index (χ0n) is 14.0. The van der Waals surface area contributed by atoms with E-state index in [1.807, 2.05) is 18.3 Å². The maximum absolute atomic E-state index is 5.48. The average molecular weight is 323 g/mol. The number of hydrogen-bond donors (Lipinski definition) is 1. The maximum Gasteiger partial charge on any atom is 0.162 e. The number of rotatable bonds is 3. The number of benzene rings is 1. The summed E-state index contributed by atoms with van der Waals surface area (Å²) in [4.78, 5) is 12.1. The van der Waals surface area contributed by atoms with Crippen molar-refractivity contribution in [1.29, 1.82) is 0 Å². The molecule has 3 aromatic rings. The molecule has 6 heteroatoms. The fraction of sp³-hybridized carbons (Fsp3) is 0.389. The SMILES string of the molecule is CCc1nc(-c2cccc3[nH]ncc23)nc(N2CCOCC2)c1C. The summed E-state index contributed by atoms with van der Waals surface area (Å²) in [6.45, 7) is 7.49. The Morgan fingerprint density at radius 3 is 2.83 bits per heavy atom. The molecule has 1 N–H and O–H groups in total. The highest BCUT2D eigenvalue weighted by Gasteiger charge is 2.19. The van der Waals surface area contributed by atoms with Crippen LogP contribution < -0.4 is 4.90 Å². The Labute approximate surface area is 140 Å². The van der Waals surface area contributed by atoms with Crippen LogP contribution in [0.1, 0.15) is 18.2 Å². The molecule has 1 aliphatic rings. The zero-order valence-corrected chi connectivity index (χ0v) is 14.0. The number of ether oxygens (including phenoxy) is 1. The van der Waals surface area contributed by atoms with E-state index in [9.17, 15) is 0 Å². The van der Waals surface area contributed by atoms with Gasteiger partial charge in [-0.25, -0.2) is 9.97 Å². The van der Waals surface area contributed by atoms with Crippen LogP contribution in [0.25, 0.3) is 22.3 Å². The number of aromatic amines is 1. The average Bonchev–Trinajstić information content (AvgIpc) is 3.11. The van der Waals surface area contributed by atoms with Gasteiger partial charge in [0, 0.05) is 35.3 Å². The summed E-state index contributed by atoms with van der Waals surface area (Å²) in [5, 5.41) is 8.22. The smallest absolute Gasteiger partial charge is 0.162 e. The van der Waals surface area contributed by atoms with Gasteiger partial charge in [-0.15, -0.1) is 0 Å². The summed E-state index contributed by atoms with van der Waals surface area (Å²) in [6, 6.07) is 6.09. The Hall–Kier alpha value is -2.47. The van der Waals surface area contributed by atoms with Crippen LogP contribution in [0.4, 0.5) is 5.82 Å². The van der Waals surface area contributed by atoms with Gasteiger partial charge in [-0.3, -0.25) is 5.10 Å². The van der Waals surface area contributed by atoms with Gasteiger partial charge in [-0.05, 0) is 19.4 Å². The first-order valence-electron chi connectivity index (χ1n) is 8.40. The van der Waals surface area contributed by atoms with Crippen LogP contribution in [0.3, 0.4) is 0 Å². The number of aryl methyl sites for hydroxylation is 1. The molecule has 1 saturated heterocycles. The Bertz CT molecular complexity index is 867. The van der Waals surface area contributed by atoms with Gasteiger partial charge in [0.15, 0.2) is 5.82 Å². The summed E-state index contributed by atoms with van der Waals surface area (Å²) in [5.41, 5.74) is 4.29. The minimum atomic E-state index is 0.748. The van der Waals surface area contributed by atoms with Gasteiger partial charge < -0.3 is 9.64 Å². The third-order valence-corrected chi connectivity index (χ3v) is 4.59. The van der Waals surface area contributed by atoms with E-state index in [-0.39, 0.29) is 0 Å². The highest BCUT2D eigenvalue weighted by atomic mass is 16.5. The number of morpholine rings is 1. The van der Waals surface area contributed by atoms with Crippen molar-refractivity contribution in [2.75, 3.05) is 31.2 Å². The molecule has 0 amide bonds. The third-order valence-electron chi connectivity index (χ3n) is 4.59. The van der Waals surface area contributed by atoms with Gasteiger partial charge in [0.1, 0.15) is 5.82 Å². The zero-order chi connectivity index (χ0) is 16.5. The number of anilines is 1. The molecular weight excluding hydrogens is 302 g/mol. The normalized spacial score (nSPS) is 15.2. The summed E-state index contributed by atoms with van der Waals surface area (Å²) in [5.74, 6) is 1.80. The second kappa shape index (κ2) is 6.20. The molecule has 4 rings (SSSR count). The highest BCUT2D eigenvalue weighted by Crippen LogP contribution is 2.29. The highest BCUT2D eigenvalue weighted by molar-refractivity contribution is 5.92. The maximum atomic E-state index is 5.48. The molecule has 0 radical (unpaired) electrons. The summed E-state index contributed by atoms with van der Waals surface area (Å²) in [7, 11) is 0. The second-order valence-corrected chi connectivity index (χ2v) is 6.03. The van der Waals surface area contributed by atoms with Crippen molar-refractivity contribution in [2.24, 2.45) is 0 Å². The molecule has 24 heavy (non-hydrogen) atoms. The van der Waals surface area contributed by atoms with Crippen LogP contribution in [-0.2, 0) is 11.2 Å². The lowest BCUT2D eigenvalue weighted by Crippen LogP contribution is -2.37. The van der Waals surface area contributed by atoms with Crippen molar-refractivity contribution >= 4 is 16.7 Å². The number of H-pyrrole nitrogens is 1. The number of fused-ring (bicyclic) bond motifs is 1. The van der Waals surface area contributed by atoms with E-state index < -0.39 is 0 Å². The molecule has 0 saturated carbocycles. The van der Waals surface area contributed by atoms with Gasteiger partial charge in [-0.1, -0.05) is 19.1 Å². The van der Waals surface area contributed by atoms with Gasteiger partial charge in [0.2, 0.25) is 0 Å². The largest absolute Gasteiger partial charge is 0.378 e. The van der Waals surface area contributed by atoms with Crippen molar-refractivity contribution in [1.82, 2.24) is 20.2 Å². The molecule has 0 atom stereocenters. The van der Waals surface area contributed by atoms with E-state index in [1.54, 1.807) is 0 Å². The molecule has 0 unspecified atom stereocenters. The monoisotopic (exact) mass is 323 g/mol. The predicted octanol–water partition coefficient (Wildman–Crippen LogP) is 2.73. The standard InChI is InChI=1S/C18H21N5O/c1-3-15-12(2)18(23-7-9-24-10-8-23)21-17(20-15)13-5-4-6-16-14(13)11-19-22-16/h4-6,11H,3,7-10H2,1-2H3,(H,19,22). The van der Waals surface area contributed by atoms with Gasteiger partial charge in [0.05, 0.1) is 24.9 Å². The fourth-order valence-corrected chi connectivity index (χ4v) is 3.26. The van der Waals surface area contributed by atoms with Crippen molar-refractivity contribution in [3.05, 3.63) is 35.7 Å². The Morgan fingerprint density at radius 1 is 1.21 bits per heavy atom. The van der Waals surface area contributed by atoms with Crippen LogP contribution in [0.2, 0.25) is 0 Å². The minimum Gasteiger partial charge on any atom is -0.378 e. The van der Waals surface area contributed by atoms with Crippen molar-refractivity contribution < 1.29 is 4.74 Å². The lowest BCUT2D eigenvalue weighted by Gasteiger charge is -2.29. The Balaban J connectivity index is 1.88. The first kappa shape index (κ1) is 15.1. The fourth-order valence-electron chi connectivity index (χ4n) is 3.26. The summed E-state index contributed by atoms with van der Waals surface area (Å²) < 4.78 is 5.48. The van der Waals surface area contributed by atoms with Crippen molar-refractivity contribution in [3.63, 3.8) is 0 Å². The number of hydrogen-bond acceptors (Lipinski definition) is 5. The van der Waals surface area contributed by atoms with Crippen LogP contribution in [-0.4, -0.2) is 46.5 Å². The van der Waals surface area contributed by atoms with Crippen LogP contribution >= 0.6 is 0 Å². The molecule has 0 aliphatic carbocycles.